The third-order valence-corrected chi connectivity index (χ3v) is 5.14. The number of nitrogens with one attached hydrogen (secondary N) is 1. The summed E-state index contributed by atoms with van der Waals surface area (Å²) in [5.74, 6) is 0.632. The Labute approximate surface area is 138 Å². The molecule has 0 saturated heterocycles. The van der Waals surface area contributed by atoms with Gasteiger partial charge in [0.2, 0.25) is 0 Å². The van der Waals surface area contributed by atoms with Crippen molar-refractivity contribution in [1.82, 2.24) is 10.2 Å². The van der Waals surface area contributed by atoms with Crippen LogP contribution in [0.25, 0.3) is 0 Å². The summed E-state index contributed by atoms with van der Waals surface area (Å²) in [5.41, 5.74) is -0.423. The van der Waals surface area contributed by atoms with Gasteiger partial charge >= 0.3 is 12.1 Å². The summed E-state index contributed by atoms with van der Waals surface area (Å²) in [5, 5.41) is 6.11. The van der Waals surface area contributed by atoms with E-state index in [1.165, 1.54) is 7.11 Å². The van der Waals surface area contributed by atoms with Gasteiger partial charge < -0.3 is 9.64 Å². The van der Waals surface area contributed by atoms with Gasteiger partial charge in [0, 0.05) is 18.7 Å². The summed E-state index contributed by atoms with van der Waals surface area (Å²) in [6.45, 7) is 1.43. The van der Waals surface area contributed by atoms with Gasteiger partial charge in [-0.05, 0) is 44.4 Å². The lowest BCUT2D eigenvalue weighted by atomic mass is 9.81. The molecule has 1 aromatic heterocycles. The Hall–Kier alpha value is -1.73. The topological polar surface area (TPSA) is 58.2 Å². The van der Waals surface area contributed by atoms with Gasteiger partial charge in [-0.15, -0.1) is 0 Å². The number of alkyl halides is 3. The van der Waals surface area contributed by atoms with Crippen LogP contribution in [0.15, 0.2) is 0 Å². The number of esters is 1. The van der Waals surface area contributed by atoms with Crippen LogP contribution in [0.3, 0.4) is 0 Å². The maximum Gasteiger partial charge on any atom is 0.433 e. The van der Waals surface area contributed by atoms with Crippen molar-refractivity contribution in [1.29, 1.82) is 0 Å². The second kappa shape index (κ2) is 6.64. The van der Waals surface area contributed by atoms with Crippen LogP contribution in [0.1, 0.15) is 43.4 Å². The van der Waals surface area contributed by atoms with E-state index >= 15 is 0 Å². The number of aromatic nitrogens is 2. The molecule has 0 unspecified atom stereocenters. The van der Waals surface area contributed by atoms with E-state index in [4.69, 9.17) is 4.74 Å². The number of ether oxygens (including phenoxy) is 1. The number of halogens is 3. The van der Waals surface area contributed by atoms with E-state index in [2.05, 4.69) is 10.2 Å². The minimum absolute atomic E-state index is 0.0367. The van der Waals surface area contributed by atoms with Gasteiger partial charge in [0.1, 0.15) is 5.69 Å². The molecule has 0 spiro atoms. The average Bonchev–Trinajstić information content (AvgIpc) is 3.00. The third-order valence-electron chi connectivity index (χ3n) is 5.14. The molecule has 134 valence electrons. The smallest absolute Gasteiger partial charge is 0.433 e. The molecule has 8 heteroatoms. The predicted molar refractivity (Wildman–Crippen MR) is 81.6 cm³/mol. The Morgan fingerprint density at radius 1 is 1.33 bits per heavy atom. The minimum atomic E-state index is -4.39. The molecule has 2 aliphatic rings. The number of carbonyl (C=O) groups excluding carboxylic acids is 1. The number of anilines is 1. The van der Waals surface area contributed by atoms with Crippen LogP contribution >= 0.6 is 0 Å². The van der Waals surface area contributed by atoms with Crippen molar-refractivity contribution < 1.29 is 22.7 Å². The van der Waals surface area contributed by atoms with Crippen molar-refractivity contribution in [3.05, 3.63) is 11.3 Å². The van der Waals surface area contributed by atoms with Crippen molar-refractivity contribution in [2.45, 2.75) is 44.7 Å². The second-order valence-electron chi connectivity index (χ2n) is 6.69. The van der Waals surface area contributed by atoms with Crippen LogP contribution in [0, 0.1) is 11.8 Å². The molecule has 1 saturated carbocycles. The maximum atomic E-state index is 13.0. The van der Waals surface area contributed by atoms with Gasteiger partial charge in [-0.25, -0.2) is 0 Å². The molecular weight excluding hydrogens is 323 g/mol. The zero-order chi connectivity index (χ0) is 17.3. The first-order valence-electron chi connectivity index (χ1n) is 8.37. The summed E-state index contributed by atoms with van der Waals surface area (Å²) < 4.78 is 43.8. The molecule has 3 rings (SSSR count). The first kappa shape index (κ1) is 17.1. The minimum Gasteiger partial charge on any atom is -0.469 e. The van der Waals surface area contributed by atoms with Crippen LogP contribution in [0.4, 0.5) is 19.0 Å². The number of hydrogen-bond acceptors (Lipinski definition) is 4. The fraction of sp³-hybridized carbons (Fsp3) is 0.750. The highest BCUT2D eigenvalue weighted by Crippen LogP contribution is 2.38. The Kier molecular flexibility index (Phi) is 4.73. The van der Waals surface area contributed by atoms with Crippen LogP contribution in [0.5, 0.6) is 0 Å². The normalized spacial score (nSPS) is 24.6. The highest BCUT2D eigenvalue weighted by molar-refractivity contribution is 5.72. The van der Waals surface area contributed by atoms with E-state index in [0.717, 1.165) is 32.2 Å². The fourth-order valence-corrected chi connectivity index (χ4v) is 3.88. The summed E-state index contributed by atoms with van der Waals surface area (Å²) in [7, 11) is 1.40. The summed E-state index contributed by atoms with van der Waals surface area (Å²) >= 11 is 0. The monoisotopic (exact) mass is 345 g/mol. The van der Waals surface area contributed by atoms with E-state index in [9.17, 15) is 18.0 Å². The van der Waals surface area contributed by atoms with Gasteiger partial charge in [0.25, 0.3) is 0 Å². The molecule has 0 amide bonds. The largest absolute Gasteiger partial charge is 0.469 e. The van der Waals surface area contributed by atoms with Crippen molar-refractivity contribution in [3.63, 3.8) is 0 Å². The molecule has 0 aromatic carbocycles. The van der Waals surface area contributed by atoms with E-state index in [-0.39, 0.29) is 17.5 Å². The van der Waals surface area contributed by atoms with Crippen molar-refractivity contribution in [2.75, 3.05) is 25.1 Å². The number of nitrogens with zero attached hydrogens (tertiary/aromatic N) is 2. The molecule has 1 aromatic rings. The lowest BCUT2D eigenvalue weighted by molar-refractivity contribution is -0.146. The molecule has 2 heterocycles. The molecule has 5 nitrogen and oxygen atoms in total. The predicted octanol–water partition coefficient (Wildman–Crippen LogP) is 3.16. The van der Waals surface area contributed by atoms with Gasteiger partial charge in [-0.2, -0.15) is 18.3 Å². The van der Waals surface area contributed by atoms with Crippen LogP contribution in [0.2, 0.25) is 0 Å². The number of aromatic amines is 1. The Bertz CT molecular complexity index is 592. The number of rotatable bonds is 3. The zero-order valence-corrected chi connectivity index (χ0v) is 13.7. The molecule has 1 aliphatic heterocycles. The third kappa shape index (κ3) is 3.37. The van der Waals surface area contributed by atoms with Gasteiger partial charge in [0.15, 0.2) is 5.82 Å². The summed E-state index contributed by atoms with van der Waals surface area (Å²) in [6, 6.07) is 0. The first-order valence-corrected chi connectivity index (χ1v) is 8.37. The van der Waals surface area contributed by atoms with E-state index < -0.39 is 11.9 Å². The quantitative estimate of drug-likeness (QED) is 0.855. The number of H-pyrrole nitrogens is 1. The Morgan fingerprint density at radius 3 is 2.67 bits per heavy atom. The van der Waals surface area contributed by atoms with Gasteiger partial charge in [-0.1, -0.05) is 0 Å². The Morgan fingerprint density at radius 2 is 2.04 bits per heavy atom. The molecule has 1 N–H and O–H groups in total. The molecule has 24 heavy (non-hydrogen) atoms. The van der Waals surface area contributed by atoms with Crippen molar-refractivity contribution in [3.8, 4) is 0 Å². The lowest BCUT2D eigenvalue weighted by Crippen LogP contribution is -2.36. The van der Waals surface area contributed by atoms with Crippen LogP contribution in [-0.2, 0) is 22.1 Å². The lowest BCUT2D eigenvalue weighted by Gasteiger charge is -2.34. The maximum absolute atomic E-state index is 13.0. The average molecular weight is 345 g/mol. The first-order chi connectivity index (χ1) is 11.4. The molecule has 0 bridgehead atoms. The summed E-state index contributed by atoms with van der Waals surface area (Å²) in [4.78, 5) is 13.5. The standard InChI is InChI=1S/C16H22F3N3O2/c1-24-15(23)11-6-4-10(5-7-11)9-22-8-2-3-12-13(16(17,18)19)20-21-14(12)22/h10-11H,2-9H2,1H3,(H,20,21). The zero-order valence-electron chi connectivity index (χ0n) is 13.7. The van der Waals surface area contributed by atoms with Crippen molar-refractivity contribution in [2.24, 2.45) is 11.8 Å². The van der Waals surface area contributed by atoms with E-state index in [1.54, 1.807) is 0 Å². The Balaban J connectivity index is 1.64. The second-order valence-corrected chi connectivity index (χ2v) is 6.69. The molecule has 0 radical (unpaired) electrons. The molecule has 0 atom stereocenters. The van der Waals surface area contributed by atoms with Gasteiger partial charge in [-0.3, -0.25) is 9.89 Å². The van der Waals surface area contributed by atoms with Crippen LogP contribution in [-0.4, -0.2) is 36.4 Å². The SMILES string of the molecule is COC(=O)C1CCC(CN2CCCc3c2n[nH]c3C(F)(F)F)CC1. The highest BCUT2D eigenvalue weighted by atomic mass is 19.4. The number of hydrogen-bond donors (Lipinski definition) is 1. The highest BCUT2D eigenvalue weighted by Gasteiger charge is 2.39. The number of methoxy groups -OCH3 is 1. The number of fused-ring (bicyclic) bond motifs is 1. The number of carbonyl (C=O) groups is 1. The van der Waals surface area contributed by atoms with E-state index in [1.807, 2.05) is 4.90 Å². The molecule has 1 fully saturated rings. The molecular formula is C16H22F3N3O2. The van der Waals surface area contributed by atoms with E-state index in [0.29, 0.717) is 31.1 Å². The van der Waals surface area contributed by atoms with Gasteiger partial charge in [0.05, 0.1) is 13.0 Å². The molecule has 1 aliphatic carbocycles. The van der Waals surface area contributed by atoms with Crippen LogP contribution < -0.4 is 4.90 Å². The fourth-order valence-electron chi connectivity index (χ4n) is 3.88. The van der Waals surface area contributed by atoms with Crippen molar-refractivity contribution >= 4 is 11.8 Å². The summed E-state index contributed by atoms with van der Waals surface area (Å²) in [6.07, 6.45) is 0.0741.